The highest BCUT2D eigenvalue weighted by Crippen LogP contribution is 2.37. The number of carbonyl (C=O) groups excluding carboxylic acids is 1. The number of benzene rings is 1. The summed E-state index contributed by atoms with van der Waals surface area (Å²) in [7, 11) is 0. The van der Waals surface area contributed by atoms with Crippen molar-refractivity contribution in [2.45, 2.75) is 32.5 Å². The van der Waals surface area contributed by atoms with Crippen molar-refractivity contribution in [1.29, 1.82) is 0 Å². The van der Waals surface area contributed by atoms with Gasteiger partial charge in [-0.3, -0.25) is 9.48 Å². The molecule has 10 heteroatoms. The van der Waals surface area contributed by atoms with Crippen molar-refractivity contribution < 1.29 is 23.1 Å². The van der Waals surface area contributed by atoms with Crippen molar-refractivity contribution >= 4 is 22.5 Å². The zero-order valence-corrected chi connectivity index (χ0v) is 14.4. The van der Waals surface area contributed by atoms with Gasteiger partial charge in [-0.2, -0.15) is 18.3 Å². The van der Waals surface area contributed by atoms with Gasteiger partial charge in [0.25, 0.3) is 5.91 Å². The number of aromatic hydroxyl groups is 1. The Morgan fingerprint density at radius 1 is 1.33 bits per heavy atom. The fourth-order valence-corrected chi connectivity index (χ4v) is 2.52. The molecule has 3 aromatic rings. The first-order chi connectivity index (χ1) is 12.6. The number of halogens is 3. The molecule has 0 radical (unpaired) electrons. The molecule has 1 amide bonds. The van der Waals surface area contributed by atoms with Crippen molar-refractivity contribution in [1.82, 2.24) is 14.8 Å². The van der Waals surface area contributed by atoms with Crippen molar-refractivity contribution in [3.8, 4) is 5.88 Å². The predicted octanol–water partition coefficient (Wildman–Crippen LogP) is 4.52. The van der Waals surface area contributed by atoms with Gasteiger partial charge in [0.1, 0.15) is 6.54 Å². The number of rotatable bonds is 4. The molecule has 0 aliphatic carbocycles. The third-order valence-corrected chi connectivity index (χ3v) is 3.93. The van der Waals surface area contributed by atoms with Crippen LogP contribution in [0.1, 0.15) is 31.0 Å². The minimum absolute atomic E-state index is 0.0947. The van der Waals surface area contributed by atoms with E-state index in [-0.39, 0.29) is 17.5 Å². The summed E-state index contributed by atoms with van der Waals surface area (Å²) >= 11 is 0. The monoisotopic (exact) mass is 379 g/mol. The second-order valence-corrected chi connectivity index (χ2v) is 6.27. The van der Waals surface area contributed by atoms with Gasteiger partial charge in [0.2, 0.25) is 5.88 Å². The van der Waals surface area contributed by atoms with Crippen LogP contribution in [0.15, 0.2) is 40.7 Å². The van der Waals surface area contributed by atoms with Crippen molar-refractivity contribution in [2.75, 3.05) is 0 Å². The van der Waals surface area contributed by atoms with Crippen LogP contribution in [0.3, 0.4) is 0 Å². The van der Waals surface area contributed by atoms with Gasteiger partial charge in [-0.05, 0) is 29.7 Å². The Balaban J connectivity index is 1.81. The van der Waals surface area contributed by atoms with Gasteiger partial charge in [-0.1, -0.05) is 19.9 Å². The molecule has 0 aliphatic rings. The molecule has 0 spiro atoms. The lowest BCUT2D eigenvalue weighted by Gasteiger charge is -2.04. The highest BCUT2D eigenvalue weighted by Gasteiger charge is 2.33. The Kier molecular flexibility index (Phi) is 4.73. The maximum absolute atomic E-state index is 12.5. The lowest BCUT2D eigenvalue weighted by atomic mass is 10.0. The van der Waals surface area contributed by atoms with Crippen LogP contribution in [0.4, 0.5) is 18.9 Å². The number of carbonyl (C=O) groups is 1. The average molecular weight is 379 g/mol. The Bertz CT molecular complexity index is 1020. The zero-order valence-electron chi connectivity index (χ0n) is 14.4. The van der Waals surface area contributed by atoms with Gasteiger partial charge in [0.05, 0.1) is 5.52 Å². The van der Waals surface area contributed by atoms with E-state index in [2.05, 4.69) is 20.3 Å². The SMILES string of the molecule is CC(C)c1ccc2[nH]c(O)c(N=NC(=O)Cn3ccc(C(F)(F)F)n3)c2c1. The lowest BCUT2D eigenvalue weighted by molar-refractivity contribution is -0.141. The molecule has 142 valence electrons. The molecular weight excluding hydrogens is 363 g/mol. The fraction of sp³-hybridized carbons (Fsp3) is 0.294. The van der Waals surface area contributed by atoms with Gasteiger partial charge in [-0.25, -0.2) is 0 Å². The zero-order chi connectivity index (χ0) is 19.8. The molecule has 27 heavy (non-hydrogen) atoms. The molecule has 2 heterocycles. The Morgan fingerprint density at radius 3 is 2.70 bits per heavy atom. The van der Waals surface area contributed by atoms with Crippen LogP contribution in [0.2, 0.25) is 0 Å². The Morgan fingerprint density at radius 2 is 2.07 bits per heavy atom. The minimum atomic E-state index is -4.58. The van der Waals surface area contributed by atoms with Crippen LogP contribution in [0.5, 0.6) is 5.88 Å². The molecule has 1 aromatic carbocycles. The Labute approximate surface area is 151 Å². The van der Waals surface area contributed by atoms with E-state index >= 15 is 0 Å². The lowest BCUT2D eigenvalue weighted by Crippen LogP contribution is -2.11. The average Bonchev–Trinajstić information content (AvgIpc) is 3.16. The Hall–Kier alpha value is -3.17. The van der Waals surface area contributed by atoms with Crippen LogP contribution >= 0.6 is 0 Å². The fourth-order valence-electron chi connectivity index (χ4n) is 2.52. The number of H-pyrrole nitrogens is 1. The van der Waals surface area contributed by atoms with E-state index in [0.29, 0.717) is 10.9 Å². The number of nitrogens with zero attached hydrogens (tertiary/aromatic N) is 4. The molecule has 2 aromatic heterocycles. The van der Waals surface area contributed by atoms with Crippen molar-refractivity contribution in [3.05, 3.63) is 41.7 Å². The first-order valence-corrected chi connectivity index (χ1v) is 8.05. The minimum Gasteiger partial charge on any atom is -0.493 e. The maximum Gasteiger partial charge on any atom is 0.435 e. The molecule has 2 N–H and O–H groups in total. The number of hydrogen-bond acceptors (Lipinski definition) is 4. The van der Waals surface area contributed by atoms with E-state index in [0.717, 1.165) is 22.5 Å². The quantitative estimate of drug-likeness (QED) is 0.652. The topological polar surface area (TPSA) is 95.6 Å². The molecule has 0 atom stereocenters. The van der Waals surface area contributed by atoms with E-state index < -0.39 is 24.3 Å². The van der Waals surface area contributed by atoms with Crippen LogP contribution in [0, 0.1) is 0 Å². The normalized spacial score (nSPS) is 12.5. The summed E-state index contributed by atoms with van der Waals surface area (Å²) in [5.41, 5.74) is 0.640. The third kappa shape index (κ3) is 3.99. The number of nitrogens with one attached hydrogen (secondary N) is 1. The van der Waals surface area contributed by atoms with Crippen LogP contribution in [-0.4, -0.2) is 25.8 Å². The van der Waals surface area contributed by atoms with E-state index in [9.17, 15) is 23.1 Å². The van der Waals surface area contributed by atoms with Gasteiger partial charge in [-0.15, -0.1) is 10.2 Å². The van der Waals surface area contributed by atoms with Gasteiger partial charge in [0, 0.05) is 11.6 Å². The summed E-state index contributed by atoms with van der Waals surface area (Å²) in [6, 6.07) is 6.29. The second-order valence-electron chi connectivity index (χ2n) is 6.27. The molecule has 0 saturated carbocycles. The maximum atomic E-state index is 12.5. The summed E-state index contributed by atoms with van der Waals surface area (Å²) in [5, 5.41) is 21.1. The summed E-state index contributed by atoms with van der Waals surface area (Å²) in [4.78, 5) is 14.6. The van der Waals surface area contributed by atoms with Crippen molar-refractivity contribution in [2.24, 2.45) is 10.2 Å². The molecule has 0 aliphatic heterocycles. The molecule has 3 rings (SSSR count). The number of fused-ring (bicyclic) bond motifs is 1. The standard InChI is InChI=1S/C17H16F3N5O2/c1-9(2)10-3-4-12-11(7-10)15(16(27)21-12)23-22-14(26)8-25-6-5-13(24-25)17(18,19)20/h3-7,9,21,27H,8H2,1-2H3. The smallest absolute Gasteiger partial charge is 0.435 e. The summed E-state index contributed by atoms with van der Waals surface area (Å²) in [5.74, 6) is -0.804. The number of amides is 1. The molecule has 0 unspecified atom stereocenters. The van der Waals surface area contributed by atoms with E-state index in [1.807, 2.05) is 26.0 Å². The van der Waals surface area contributed by atoms with Crippen LogP contribution < -0.4 is 0 Å². The van der Waals surface area contributed by atoms with Crippen LogP contribution in [0.25, 0.3) is 10.9 Å². The molecular formula is C17H16F3N5O2. The van der Waals surface area contributed by atoms with E-state index in [4.69, 9.17) is 0 Å². The molecule has 0 fully saturated rings. The number of aromatic nitrogens is 3. The van der Waals surface area contributed by atoms with Gasteiger partial charge < -0.3 is 10.1 Å². The van der Waals surface area contributed by atoms with E-state index in [1.54, 1.807) is 6.07 Å². The highest BCUT2D eigenvalue weighted by atomic mass is 19.4. The molecule has 0 saturated heterocycles. The summed E-state index contributed by atoms with van der Waals surface area (Å²) in [6.45, 7) is 3.52. The summed E-state index contributed by atoms with van der Waals surface area (Å²) < 4.78 is 38.4. The van der Waals surface area contributed by atoms with Crippen molar-refractivity contribution in [3.63, 3.8) is 0 Å². The van der Waals surface area contributed by atoms with Gasteiger partial charge in [0.15, 0.2) is 11.4 Å². The first kappa shape index (κ1) is 18.6. The molecule has 7 nitrogen and oxygen atoms in total. The predicted molar refractivity (Wildman–Crippen MR) is 90.8 cm³/mol. The highest BCUT2D eigenvalue weighted by molar-refractivity contribution is 5.95. The third-order valence-electron chi connectivity index (χ3n) is 3.93. The summed E-state index contributed by atoms with van der Waals surface area (Å²) in [6.07, 6.45) is -3.55. The number of hydrogen-bond donors (Lipinski definition) is 2. The van der Waals surface area contributed by atoms with Crippen LogP contribution in [-0.2, 0) is 17.5 Å². The second kappa shape index (κ2) is 6.86. The number of azo groups is 1. The number of aromatic amines is 1. The van der Waals surface area contributed by atoms with Gasteiger partial charge >= 0.3 is 6.18 Å². The first-order valence-electron chi connectivity index (χ1n) is 8.05. The van der Waals surface area contributed by atoms with E-state index in [1.165, 1.54) is 0 Å². The number of alkyl halides is 3. The molecule has 0 bridgehead atoms. The largest absolute Gasteiger partial charge is 0.493 e.